The van der Waals surface area contributed by atoms with Crippen molar-refractivity contribution < 1.29 is 5.11 Å². The molecule has 0 aliphatic heterocycles. The molecule has 2 nitrogen and oxygen atoms in total. The Hall–Kier alpha value is -1.86. The maximum absolute atomic E-state index is 9.70. The van der Waals surface area contributed by atoms with Crippen molar-refractivity contribution >= 4 is 11.3 Å². The van der Waals surface area contributed by atoms with Crippen molar-refractivity contribution in [1.82, 2.24) is 4.90 Å². The van der Waals surface area contributed by atoms with E-state index >= 15 is 0 Å². The zero-order chi connectivity index (χ0) is 17.6. The van der Waals surface area contributed by atoms with Crippen LogP contribution in [-0.4, -0.2) is 22.2 Å². The lowest BCUT2D eigenvalue weighted by molar-refractivity contribution is 0.143. The molecule has 1 aromatic heterocycles. The highest BCUT2D eigenvalue weighted by Crippen LogP contribution is 2.20. The first-order chi connectivity index (χ1) is 11.4. The van der Waals surface area contributed by atoms with Crippen LogP contribution in [0.3, 0.4) is 0 Å². The number of hydrogen-bond acceptors (Lipinski definition) is 3. The molecule has 0 amide bonds. The Balaban J connectivity index is 2.08. The summed E-state index contributed by atoms with van der Waals surface area (Å²) in [4.78, 5) is 4.63. The summed E-state index contributed by atoms with van der Waals surface area (Å²) in [5.74, 6) is 5.91. The molecule has 0 aliphatic rings. The van der Waals surface area contributed by atoms with Gasteiger partial charge in [-0.15, -0.1) is 17.9 Å². The van der Waals surface area contributed by atoms with Crippen LogP contribution in [-0.2, 0) is 13.1 Å². The Labute approximate surface area is 149 Å². The molecule has 2 aromatic rings. The van der Waals surface area contributed by atoms with Crippen LogP contribution in [0.5, 0.6) is 0 Å². The van der Waals surface area contributed by atoms with Gasteiger partial charge < -0.3 is 5.11 Å². The summed E-state index contributed by atoms with van der Waals surface area (Å²) in [5, 5.41) is 9.70. The van der Waals surface area contributed by atoms with E-state index in [1.54, 1.807) is 25.2 Å². The lowest BCUT2D eigenvalue weighted by Crippen LogP contribution is -2.22. The lowest BCUT2D eigenvalue weighted by atomic mass is 10.1. The molecule has 3 heteroatoms. The predicted octanol–water partition coefficient (Wildman–Crippen LogP) is 4.37. The lowest BCUT2D eigenvalue weighted by Gasteiger charge is -2.21. The Morgan fingerprint density at radius 1 is 1.21 bits per heavy atom. The standard InChI is InChI=1S/C21H25NOS/c1-5-14-22(15-18-9-7-6-8-17(18)2)16-20-11-10-19(24-20)12-13-21(3,4)23/h5-11,23H,1,14-16H2,2-4H3. The fourth-order valence-corrected chi connectivity index (χ4v) is 3.26. The largest absolute Gasteiger partial charge is 0.378 e. The minimum atomic E-state index is -0.954. The monoisotopic (exact) mass is 339 g/mol. The summed E-state index contributed by atoms with van der Waals surface area (Å²) < 4.78 is 0. The normalized spacial score (nSPS) is 11.2. The van der Waals surface area contributed by atoms with Gasteiger partial charge in [-0.25, -0.2) is 0 Å². The van der Waals surface area contributed by atoms with Gasteiger partial charge in [0, 0.05) is 24.5 Å². The van der Waals surface area contributed by atoms with Gasteiger partial charge in [0.25, 0.3) is 0 Å². The van der Waals surface area contributed by atoms with Crippen molar-refractivity contribution in [3.8, 4) is 11.8 Å². The fraction of sp³-hybridized carbons (Fsp3) is 0.333. The van der Waals surface area contributed by atoms with Gasteiger partial charge in [0.2, 0.25) is 0 Å². The topological polar surface area (TPSA) is 23.5 Å². The zero-order valence-electron chi connectivity index (χ0n) is 14.7. The zero-order valence-corrected chi connectivity index (χ0v) is 15.5. The van der Waals surface area contributed by atoms with Crippen molar-refractivity contribution in [2.24, 2.45) is 0 Å². The van der Waals surface area contributed by atoms with Gasteiger partial charge in [-0.1, -0.05) is 42.2 Å². The number of aliphatic hydroxyl groups is 1. The van der Waals surface area contributed by atoms with Gasteiger partial charge in [0.1, 0.15) is 5.60 Å². The Bertz CT molecular complexity index is 743. The van der Waals surface area contributed by atoms with Crippen LogP contribution in [0.1, 0.15) is 34.7 Å². The van der Waals surface area contributed by atoms with E-state index in [-0.39, 0.29) is 0 Å². The highest BCUT2D eigenvalue weighted by atomic mass is 32.1. The van der Waals surface area contributed by atoms with Crippen molar-refractivity contribution in [3.63, 3.8) is 0 Å². The Morgan fingerprint density at radius 3 is 2.62 bits per heavy atom. The molecule has 2 rings (SSSR count). The third-order valence-electron chi connectivity index (χ3n) is 3.58. The van der Waals surface area contributed by atoms with E-state index in [4.69, 9.17) is 0 Å². The molecule has 0 bridgehead atoms. The summed E-state index contributed by atoms with van der Waals surface area (Å²) in [5.41, 5.74) is 1.71. The molecule has 24 heavy (non-hydrogen) atoms. The maximum Gasteiger partial charge on any atom is 0.120 e. The first kappa shape index (κ1) is 18.5. The van der Waals surface area contributed by atoms with E-state index in [2.05, 4.69) is 60.6 Å². The molecule has 1 N–H and O–H groups in total. The number of benzene rings is 1. The summed E-state index contributed by atoms with van der Waals surface area (Å²) in [7, 11) is 0. The Kier molecular flexibility index (Phi) is 6.39. The number of hydrogen-bond donors (Lipinski definition) is 1. The molecule has 1 aromatic carbocycles. The minimum Gasteiger partial charge on any atom is -0.378 e. The molecule has 0 atom stereocenters. The van der Waals surface area contributed by atoms with Crippen LogP contribution >= 0.6 is 11.3 Å². The summed E-state index contributed by atoms with van der Waals surface area (Å²) >= 11 is 1.68. The predicted molar refractivity (Wildman–Crippen MR) is 103 cm³/mol. The molecule has 0 aliphatic carbocycles. The van der Waals surface area contributed by atoms with Crippen molar-refractivity contribution in [2.45, 2.75) is 39.5 Å². The first-order valence-electron chi connectivity index (χ1n) is 8.09. The molecule has 0 saturated heterocycles. The first-order valence-corrected chi connectivity index (χ1v) is 8.91. The van der Waals surface area contributed by atoms with Crippen molar-refractivity contribution in [1.29, 1.82) is 0 Å². The third-order valence-corrected chi connectivity index (χ3v) is 4.56. The third kappa shape index (κ3) is 5.98. The molecule has 126 valence electrons. The molecule has 1 heterocycles. The number of aryl methyl sites for hydroxylation is 1. The number of nitrogens with zero attached hydrogens (tertiary/aromatic N) is 1. The maximum atomic E-state index is 9.70. The van der Waals surface area contributed by atoms with Gasteiger partial charge in [0.05, 0.1) is 4.88 Å². The molecule has 0 unspecified atom stereocenters. The van der Waals surface area contributed by atoms with Gasteiger partial charge >= 0.3 is 0 Å². The van der Waals surface area contributed by atoms with Crippen LogP contribution in [0.4, 0.5) is 0 Å². The average Bonchev–Trinajstić information content (AvgIpc) is 2.95. The van der Waals surface area contributed by atoms with Crippen LogP contribution in [0.15, 0.2) is 49.1 Å². The van der Waals surface area contributed by atoms with Crippen molar-refractivity contribution in [3.05, 3.63) is 69.9 Å². The molecule has 0 saturated carbocycles. The summed E-state index contributed by atoms with van der Waals surface area (Å²) in [6.45, 7) is 12.0. The SMILES string of the molecule is C=CCN(Cc1ccc(C#CC(C)(C)O)s1)Cc1ccccc1C. The second kappa shape index (κ2) is 8.30. The summed E-state index contributed by atoms with van der Waals surface area (Å²) in [6, 6.07) is 12.6. The van der Waals surface area contributed by atoms with E-state index in [1.165, 1.54) is 16.0 Å². The second-order valence-electron chi connectivity index (χ2n) is 6.46. The number of thiophene rings is 1. The molecular formula is C21H25NOS. The van der Waals surface area contributed by atoms with Crippen LogP contribution in [0, 0.1) is 18.8 Å². The molecular weight excluding hydrogens is 314 g/mol. The van der Waals surface area contributed by atoms with E-state index in [9.17, 15) is 5.11 Å². The van der Waals surface area contributed by atoms with E-state index in [0.717, 1.165) is 24.5 Å². The molecule has 0 radical (unpaired) electrons. The van der Waals surface area contributed by atoms with Gasteiger partial charge in [0.15, 0.2) is 0 Å². The van der Waals surface area contributed by atoms with E-state index in [1.807, 2.05) is 12.1 Å². The summed E-state index contributed by atoms with van der Waals surface area (Å²) in [6.07, 6.45) is 1.95. The minimum absolute atomic E-state index is 0.844. The molecule has 0 fully saturated rings. The van der Waals surface area contributed by atoms with Gasteiger partial charge in [-0.3, -0.25) is 4.90 Å². The average molecular weight is 340 g/mol. The van der Waals surface area contributed by atoms with E-state index in [0.29, 0.717) is 0 Å². The van der Waals surface area contributed by atoms with E-state index < -0.39 is 5.60 Å². The Morgan fingerprint density at radius 2 is 1.96 bits per heavy atom. The quantitative estimate of drug-likeness (QED) is 0.624. The van der Waals surface area contributed by atoms with Crippen LogP contribution < -0.4 is 0 Å². The fourth-order valence-electron chi connectivity index (χ4n) is 2.36. The van der Waals surface area contributed by atoms with Gasteiger partial charge in [-0.05, 0) is 44.0 Å². The number of rotatable bonds is 6. The smallest absolute Gasteiger partial charge is 0.120 e. The second-order valence-corrected chi connectivity index (χ2v) is 7.63. The molecule has 0 spiro atoms. The highest BCUT2D eigenvalue weighted by Gasteiger charge is 2.10. The van der Waals surface area contributed by atoms with Crippen molar-refractivity contribution in [2.75, 3.05) is 6.54 Å². The highest BCUT2D eigenvalue weighted by molar-refractivity contribution is 7.12. The van der Waals surface area contributed by atoms with Crippen LogP contribution in [0.25, 0.3) is 0 Å². The van der Waals surface area contributed by atoms with Crippen LogP contribution in [0.2, 0.25) is 0 Å². The van der Waals surface area contributed by atoms with Gasteiger partial charge in [-0.2, -0.15) is 0 Å².